The number of alkyl halides is 3. The van der Waals surface area contributed by atoms with Gasteiger partial charge in [0, 0.05) is 12.8 Å². The number of aldehydes is 1. The van der Waals surface area contributed by atoms with Crippen molar-refractivity contribution in [1.29, 1.82) is 0 Å². The summed E-state index contributed by atoms with van der Waals surface area (Å²) >= 11 is 0. The Hall–Kier alpha value is -2.05. The number of halogens is 3. The molecule has 0 N–H and O–H groups in total. The van der Waals surface area contributed by atoms with Gasteiger partial charge in [-0.2, -0.15) is 13.2 Å². The van der Waals surface area contributed by atoms with Crippen LogP contribution in [-0.2, 0) is 15.7 Å². The van der Waals surface area contributed by atoms with Crippen LogP contribution in [0.15, 0.2) is 18.2 Å². The highest BCUT2D eigenvalue weighted by Crippen LogP contribution is 2.43. The Morgan fingerprint density at radius 1 is 1.35 bits per heavy atom. The highest BCUT2D eigenvalue weighted by molar-refractivity contribution is 5.85. The molecule has 0 aliphatic heterocycles. The van der Waals surface area contributed by atoms with E-state index in [1.165, 1.54) is 13.2 Å². The van der Waals surface area contributed by atoms with E-state index in [2.05, 4.69) is 4.74 Å². The molecule has 20 heavy (non-hydrogen) atoms. The number of rotatable bonds is 4. The van der Waals surface area contributed by atoms with Gasteiger partial charge in [-0.25, -0.2) is 4.79 Å². The highest BCUT2D eigenvalue weighted by atomic mass is 19.4. The van der Waals surface area contributed by atoms with Gasteiger partial charge < -0.3 is 9.47 Å². The molecule has 2 rings (SSSR count). The summed E-state index contributed by atoms with van der Waals surface area (Å²) in [6.07, 6.45) is -3.91. The fourth-order valence-electron chi connectivity index (χ4n) is 1.86. The number of carbonyl (C=O) groups excluding carboxylic acids is 2. The highest BCUT2D eigenvalue weighted by Gasteiger charge is 2.54. The summed E-state index contributed by atoms with van der Waals surface area (Å²) in [6.45, 7) is 0. The fraction of sp³-hybridized carbons (Fsp3) is 0.385. The molecule has 1 aromatic rings. The minimum atomic E-state index is -4.67. The van der Waals surface area contributed by atoms with Gasteiger partial charge in [0.1, 0.15) is 5.75 Å². The van der Waals surface area contributed by atoms with E-state index in [0.717, 1.165) is 12.1 Å². The second-order valence-corrected chi connectivity index (χ2v) is 4.42. The van der Waals surface area contributed by atoms with Crippen molar-refractivity contribution in [1.82, 2.24) is 0 Å². The van der Waals surface area contributed by atoms with E-state index in [9.17, 15) is 22.8 Å². The lowest BCUT2D eigenvalue weighted by atomic mass is 10.1. The fourth-order valence-corrected chi connectivity index (χ4v) is 1.86. The third-order valence-electron chi connectivity index (χ3n) is 3.06. The van der Waals surface area contributed by atoms with Crippen LogP contribution in [0.4, 0.5) is 13.2 Å². The second-order valence-electron chi connectivity index (χ2n) is 4.42. The van der Waals surface area contributed by atoms with E-state index in [1.807, 2.05) is 0 Å². The predicted molar refractivity (Wildman–Crippen MR) is 61.4 cm³/mol. The standard InChI is InChI=1S/C13H11F3O4/c1-19-11(18)12(5-6-12)20-10-4-2-3-9(8(10)7-17)13(14,15)16/h2-4,7H,5-6H2,1H3. The number of hydrogen-bond acceptors (Lipinski definition) is 4. The van der Waals surface area contributed by atoms with Crippen molar-refractivity contribution >= 4 is 12.3 Å². The van der Waals surface area contributed by atoms with Crippen LogP contribution in [-0.4, -0.2) is 25.0 Å². The van der Waals surface area contributed by atoms with Gasteiger partial charge in [-0.1, -0.05) is 6.07 Å². The maximum Gasteiger partial charge on any atom is 0.417 e. The van der Waals surface area contributed by atoms with Gasteiger partial charge in [-0.15, -0.1) is 0 Å². The average molecular weight is 288 g/mol. The minimum Gasteiger partial charge on any atom is -0.475 e. The van der Waals surface area contributed by atoms with Crippen molar-refractivity contribution in [2.24, 2.45) is 0 Å². The molecule has 7 heteroatoms. The zero-order valence-corrected chi connectivity index (χ0v) is 10.5. The summed E-state index contributed by atoms with van der Waals surface area (Å²) in [7, 11) is 1.17. The largest absolute Gasteiger partial charge is 0.475 e. The van der Waals surface area contributed by atoms with Crippen LogP contribution in [0.3, 0.4) is 0 Å². The maximum absolute atomic E-state index is 12.8. The van der Waals surface area contributed by atoms with Crippen LogP contribution in [0, 0.1) is 0 Å². The monoisotopic (exact) mass is 288 g/mol. The van der Waals surface area contributed by atoms with Crippen LogP contribution in [0.1, 0.15) is 28.8 Å². The predicted octanol–water partition coefficient (Wildman–Crippen LogP) is 2.60. The summed E-state index contributed by atoms with van der Waals surface area (Å²) in [6, 6.07) is 3.13. The van der Waals surface area contributed by atoms with Crippen molar-refractivity contribution in [2.45, 2.75) is 24.6 Å². The third-order valence-corrected chi connectivity index (χ3v) is 3.06. The van der Waals surface area contributed by atoms with Crippen LogP contribution < -0.4 is 4.74 Å². The van der Waals surface area contributed by atoms with Gasteiger partial charge in [0.2, 0.25) is 5.60 Å². The molecule has 0 amide bonds. The van der Waals surface area contributed by atoms with E-state index in [-0.39, 0.29) is 12.0 Å². The molecule has 0 bridgehead atoms. The first-order valence-corrected chi connectivity index (χ1v) is 5.77. The molecule has 1 aliphatic rings. The molecule has 0 saturated heterocycles. The topological polar surface area (TPSA) is 52.6 Å². The molecule has 0 unspecified atom stereocenters. The van der Waals surface area contributed by atoms with E-state index >= 15 is 0 Å². The van der Waals surface area contributed by atoms with Crippen LogP contribution in [0.2, 0.25) is 0 Å². The van der Waals surface area contributed by atoms with Crippen LogP contribution in [0.5, 0.6) is 5.75 Å². The summed E-state index contributed by atoms with van der Waals surface area (Å²) in [5.41, 5.74) is -2.97. The van der Waals surface area contributed by atoms with Crippen molar-refractivity contribution < 1.29 is 32.2 Å². The molecule has 0 atom stereocenters. The summed E-state index contributed by atoms with van der Waals surface area (Å²) in [5, 5.41) is 0. The van der Waals surface area contributed by atoms with Gasteiger partial charge in [-0.05, 0) is 12.1 Å². The normalized spacial score (nSPS) is 16.4. The van der Waals surface area contributed by atoms with Crippen LogP contribution in [0.25, 0.3) is 0 Å². The summed E-state index contributed by atoms with van der Waals surface area (Å²) in [5.74, 6) is -0.926. The lowest BCUT2D eigenvalue weighted by Gasteiger charge is -2.18. The van der Waals surface area contributed by atoms with Crippen molar-refractivity contribution in [3.05, 3.63) is 29.3 Å². The lowest BCUT2D eigenvalue weighted by Crippen LogP contribution is -2.31. The van der Waals surface area contributed by atoms with Gasteiger partial charge in [-0.3, -0.25) is 4.79 Å². The number of esters is 1. The molecule has 4 nitrogen and oxygen atoms in total. The first-order valence-electron chi connectivity index (χ1n) is 5.77. The van der Waals surface area contributed by atoms with E-state index in [4.69, 9.17) is 4.74 Å². The maximum atomic E-state index is 12.8. The molecular formula is C13H11F3O4. The third kappa shape index (κ3) is 2.48. The molecule has 0 spiro atoms. The Morgan fingerprint density at radius 3 is 2.45 bits per heavy atom. The first-order chi connectivity index (χ1) is 9.34. The first kappa shape index (κ1) is 14.4. The van der Waals surface area contributed by atoms with Crippen molar-refractivity contribution in [3.63, 3.8) is 0 Å². The van der Waals surface area contributed by atoms with E-state index < -0.39 is 28.9 Å². The quantitative estimate of drug-likeness (QED) is 0.631. The zero-order chi connectivity index (χ0) is 15.0. The van der Waals surface area contributed by atoms with Gasteiger partial charge in [0.25, 0.3) is 0 Å². The van der Waals surface area contributed by atoms with Gasteiger partial charge in [0.05, 0.1) is 18.2 Å². The number of carbonyl (C=O) groups is 2. The zero-order valence-electron chi connectivity index (χ0n) is 10.5. The molecule has 108 valence electrons. The molecular weight excluding hydrogens is 277 g/mol. The molecule has 0 radical (unpaired) electrons. The van der Waals surface area contributed by atoms with Crippen molar-refractivity contribution in [3.8, 4) is 5.75 Å². The number of benzene rings is 1. The van der Waals surface area contributed by atoms with Gasteiger partial charge >= 0.3 is 12.1 Å². The molecule has 1 aliphatic carbocycles. The van der Waals surface area contributed by atoms with E-state index in [0.29, 0.717) is 12.8 Å². The molecule has 0 heterocycles. The Kier molecular flexibility index (Phi) is 3.45. The Labute approximate surface area is 112 Å². The molecule has 1 fully saturated rings. The number of methoxy groups -OCH3 is 1. The molecule has 1 saturated carbocycles. The van der Waals surface area contributed by atoms with E-state index in [1.54, 1.807) is 0 Å². The minimum absolute atomic E-state index is 0.0749. The number of hydrogen-bond donors (Lipinski definition) is 0. The van der Waals surface area contributed by atoms with Crippen molar-refractivity contribution in [2.75, 3.05) is 7.11 Å². The average Bonchev–Trinajstić information content (AvgIpc) is 3.17. The molecule has 1 aromatic carbocycles. The lowest BCUT2D eigenvalue weighted by molar-refractivity contribution is -0.151. The Balaban J connectivity index is 2.39. The SMILES string of the molecule is COC(=O)C1(Oc2cccc(C(F)(F)F)c2C=O)CC1. The Bertz CT molecular complexity index is 547. The number of ether oxygens (including phenoxy) is 2. The molecule has 0 aromatic heterocycles. The van der Waals surface area contributed by atoms with Crippen LogP contribution >= 0.6 is 0 Å². The summed E-state index contributed by atoms with van der Waals surface area (Å²) in [4.78, 5) is 22.5. The second kappa shape index (κ2) is 4.81. The Morgan fingerprint density at radius 2 is 2.00 bits per heavy atom. The van der Waals surface area contributed by atoms with Gasteiger partial charge in [0.15, 0.2) is 6.29 Å². The summed E-state index contributed by atoms with van der Waals surface area (Å²) < 4.78 is 48.2. The smallest absolute Gasteiger partial charge is 0.417 e.